The monoisotopic (exact) mass is 315 g/mol. The molecule has 1 aliphatic heterocycles. The average molecular weight is 315 g/mol. The molecule has 1 aromatic carbocycles. The van der Waals surface area contributed by atoms with E-state index in [0.717, 1.165) is 25.2 Å². The number of hydrogen-bond acceptors (Lipinski definition) is 5. The van der Waals surface area contributed by atoms with Gasteiger partial charge in [0.15, 0.2) is 5.82 Å². The van der Waals surface area contributed by atoms with E-state index in [0.29, 0.717) is 43.4 Å². The summed E-state index contributed by atoms with van der Waals surface area (Å²) in [5, 5.41) is 6.90. The lowest BCUT2D eigenvalue weighted by molar-refractivity contribution is -0.121. The minimum Gasteiger partial charge on any atom is -0.381 e. The molecule has 0 aliphatic carbocycles. The molecule has 122 valence electrons. The standard InChI is InChI=1S/C17H21N3O3/c21-16(18-11-14-8-9-22-12-14)6-7-17-19-15(20-23-17)10-13-4-2-1-3-5-13/h1-5,14H,6-12H2,(H,18,21)/t14-/m0/s1. The molecular formula is C17H21N3O3. The Morgan fingerprint density at radius 2 is 2.17 bits per heavy atom. The van der Waals surface area contributed by atoms with Crippen molar-refractivity contribution in [1.82, 2.24) is 15.5 Å². The van der Waals surface area contributed by atoms with Crippen molar-refractivity contribution < 1.29 is 14.1 Å². The van der Waals surface area contributed by atoms with E-state index in [9.17, 15) is 4.79 Å². The summed E-state index contributed by atoms with van der Waals surface area (Å²) in [6.45, 7) is 2.22. The summed E-state index contributed by atoms with van der Waals surface area (Å²) in [5.41, 5.74) is 1.14. The number of aromatic nitrogens is 2. The van der Waals surface area contributed by atoms with Crippen LogP contribution < -0.4 is 5.32 Å². The first-order valence-electron chi connectivity index (χ1n) is 7.99. The lowest BCUT2D eigenvalue weighted by Gasteiger charge is -2.08. The molecule has 1 aliphatic rings. The van der Waals surface area contributed by atoms with Crippen LogP contribution in [0.15, 0.2) is 34.9 Å². The van der Waals surface area contributed by atoms with Crippen LogP contribution in [0, 0.1) is 5.92 Å². The Bertz CT molecular complexity index is 621. The van der Waals surface area contributed by atoms with Crippen molar-refractivity contribution >= 4 is 5.91 Å². The van der Waals surface area contributed by atoms with Crippen molar-refractivity contribution in [1.29, 1.82) is 0 Å². The van der Waals surface area contributed by atoms with E-state index in [2.05, 4.69) is 15.5 Å². The van der Waals surface area contributed by atoms with Crippen LogP contribution in [0.2, 0.25) is 0 Å². The van der Waals surface area contributed by atoms with Gasteiger partial charge < -0.3 is 14.6 Å². The molecule has 1 N–H and O–H groups in total. The number of nitrogens with one attached hydrogen (secondary N) is 1. The zero-order valence-corrected chi connectivity index (χ0v) is 13.0. The Hall–Kier alpha value is -2.21. The average Bonchev–Trinajstić information content (AvgIpc) is 3.24. The van der Waals surface area contributed by atoms with Crippen LogP contribution in [-0.4, -0.2) is 35.8 Å². The van der Waals surface area contributed by atoms with E-state index in [4.69, 9.17) is 9.26 Å². The Balaban J connectivity index is 1.41. The van der Waals surface area contributed by atoms with Gasteiger partial charge >= 0.3 is 0 Å². The molecule has 3 rings (SSSR count). The normalized spacial score (nSPS) is 17.3. The zero-order chi connectivity index (χ0) is 15.9. The maximum atomic E-state index is 11.8. The predicted octanol–water partition coefficient (Wildman–Crippen LogP) is 1.75. The van der Waals surface area contributed by atoms with Crippen LogP contribution in [0.4, 0.5) is 0 Å². The fourth-order valence-electron chi connectivity index (χ4n) is 2.55. The van der Waals surface area contributed by atoms with E-state index in [-0.39, 0.29) is 5.91 Å². The van der Waals surface area contributed by atoms with E-state index in [1.165, 1.54) is 0 Å². The van der Waals surface area contributed by atoms with Gasteiger partial charge in [0.05, 0.1) is 6.61 Å². The van der Waals surface area contributed by atoms with Crippen molar-refractivity contribution in [2.24, 2.45) is 5.92 Å². The number of nitrogens with zero attached hydrogens (tertiary/aromatic N) is 2. The van der Waals surface area contributed by atoms with Gasteiger partial charge in [0.1, 0.15) is 0 Å². The van der Waals surface area contributed by atoms with Crippen LogP contribution in [-0.2, 0) is 22.4 Å². The molecule has 0 unspecified atom stereocenters. The highest BCUT2D eigenvalue weighted by Crippen LogP contribution is 2.11. The molecule has 1 amide bonds. The van der Waals surface area contributed by atoms with E-state index in [1.807, 2.05) is 30.3 Å². The molecule has 0 saturated carbocycles. The number of benzene rings is 1. The van der Waals surface area contributed by atoms with Gasteiger partial charge in [0.25, 0.3) is 0 Å². The Kier molecular flexibility index (Phi) is 5.37. The SMILES string of the molecule is O=C(CCc1nc(Cc2ccccc2)no1)NC[C@@H]1CCOC1. The molecule has 0 radical (unpaired) electrons. The largest absolute Gasteiger partial charge is 0.381 e. The number of aryl methyl sites for hydroxylation is 1. The van der Waals surface area contributed by atoms with Gasteiger partial charge in [-0.1, -0.05) is 35.5 Å². The molecule has 1 atom stereocenters. The lowest BCUT2D eigenvalue weighted by Crippen LogP contribution is -2.29. The van der Waals surface area contributed by atoms with Crippen LogP contribution in [0.25, 0.3) is 0 Å². The van der Waals surface area contributed by atoms with Crippen molar-refractivity contribution in [3.63, 3.8) is 0 Å². The molecule has 1 fully saturated rings. The van der Waals surface area contributed by atoms with Crippen molar-refractivity contribution in [3.8, 4) is 0 Å². The molecule has 0 spiro atoms. The van der Waals surface area contributed by atoms with Crippen molar-refractivity contribution in [2.45, 2.75) is 25.7 Å². The molecule has 6 heteroatoms. The quantitative estimate of drug-likeness (QED) is 0.842. The summed E-state index contributed by atoms with van der Waals surface area (Å²) < 4.78 is 10.5. The predicted molar refractivity (Wildman–Crippen MR) is 83.8 cm³/mol. The highest BCUT2D eigenvalue weighted by molar-refractivity contribution is 5.75. The molecular weight excluding hydrogens is 294 g/mol. The molecule has 2 heterocycles. The summed E-state index contributed by atoms with van der Waals surface area (Å²) in [7, 11) is 0. The van der Waals surface area contributed by atoms with Crippen LogP contribution in [0.1, 0.15) is 30.1 Å². The summed E-state index contributed by atoms with van der Waals surface area (Å²) in [6, 6.07) is 9.99. The molecule has 1 saturated heterocycles. The van der Waals surface area contributed by atoms with Crippen molar-refractivity contribution in [3.05, 3.63) is 47.6 Å². The van der Waals surface area contributed by atoms with Gasteiger partial charge in [-0.25, -0.2) is 0 Å². The number of carbonyl (C=O) groups is 1. The molecule has 1 aromatic heterocycles. The number of hydrogen-bond donors (Lipinski definition) is 1. The smallest absolute Gasteiger partial charge is 0.227 e. The minimum atomic E-state index is 0.0136. The second-order valence-corrected chi connectivity index (χ2v) is 5.80. The van der Waals surface area contributed by atoms with E-state index < -0.39 is 0 Å². The Labute approximate surface area is 135 Å². The van der Waals surface area contributed by atoms with Gasteiger partial charge in [0, 0.05) is 38.3 Å². The highest BCUT2D eigenvalue weighted by Gasteiger charge is 2.16. The highest BCUT2D eigenvalue weighted by atomic mass is 16.5. The summed E-state index contributed by atoms with van der Waals surface area (Å²) >= 11 is 0. The summed E-state index contributed by atoms with van der Waals surface area (Å²) in [5.74, 6) is 1.62. The third-order valence-electron chi connectivity index (χ3n) is 3.89. The minimum absolute atomic E-state index is 0.0136. The van der Waals surface area contributed by atoms with E-state index in [1.54, 1.807) is 0 Å². The van der Waals surface area contributed by atoms with Gasteiger partial charge in [-0.15, -0.1) is 0 Å². The molecule has 0 bridgehead atoms. The van der Waals surface area contributed by atoms with E-state index >= 15 is 0 Å². The fraction of sp³-hybridized carbons (Fsp3) is 0.471. The third kappa shape index (κ3) is 4.89. The number of rotatable bonds is 7. The first kappa shape index (κ1) is 15.7. The second-order valence-electron chi connectivity index (χ2n) is 5.80. The first-order valence-corrected chi connectivity index (χ1v) is 7.99. The van der Waals surface area contributed by atoms with Gasteiger partial charge in [-0.3, -0.25) is 4.79 Å². The lowest BCUT2D eigenvalue weighted by atomic mass is 10.1. The molecule has 6 nitrogen and oxygen atoms in total. The maximum Gasteiger partial charge on any atom is 0.227 e. The molecule has 2 aromatic rings. The van der Waals surface area contributed by atoms with Crippen LogP contribution >= 0.6 is 0 Å². The number of carbonyl (C=O) groups excluding carboxylic acids is 1. The zero-order valence-electron chi connectivity index (χ0n) is 13.0. The van der Waals surface area contributed by atoms with Crippen molar-refractivity contribution in [2.75, 3.05) is 19.8 Å². The topological polar surface area (TPSA) is 77.2 Å². The summed E-state index contributed by atoms with van der Waals surface area (Å²) in [4.78, 5) is 16.2. The molecule has 23 heavy (non-hydrogen) atoms. The van der Waals surface area contributed by atoms with Gasteiger partial charge in [-0.05, 0) is 12.0 Å². The second kappa shape index (κ2) is 7.87. The van der Waals surface area contributed by atoms with Crippen LogP contribution in [0.3, 0.4) is 0 Å². The summed E-state index contributed by atoms with van der Waals surface area (Å²) in [6.07, 6.45) is 2.49. The third-order valence-corrected chi connectivity index (χ3v) is 3.89. The number of amides is 1. The first-order chi connectivity index (χ1) is 11.3. The number of ether oxygens (including phenoxy) is 1. The Morgan fingerprint density at radius 1 is 1.30 bits per heavy atom. The fourth-order valence-corrected chi connectivity index (χ4v) is 2.55. The van der Waals surface area contributed by atoms with Crippen LogP contribution in [0.5, 0.6) is 0 Å². The van der Waals surface area contributed by atoms with Gasteiger partial charge in [-0.2, -0.15) is 4.98 Å². The Morgan fingerprint density at radius 3 is 2.96 bits per heavy atom. The van der Waals surface area contributed by atoms with Gasteiger partial charge in [0.2, 0.25) is 11.8 Å². The maximum absolute atomic E-state index is 11.8.